The van der Waals surface area contributed by atoms with Crippen molar-refractivity contribution in [1.82, 2.24) is 10.2 Å². The summed E-state index contributed by atoms with van der Waals surface area (Å²) < 4.78 is 4.51. The molecule has 0 aliphatic rings. The van der Waals surface area contributed by atoms with E-state index in [2.05, 4.69) is 10.1 Å². The van der Waals surface area contributed by atoms with Crippen LogP contribution in [0.15, 0.2) is 0 Å². The van der Waals surface area contributed by atoms with E-state index in [1.54, 1.807) is 11.9 Å². The number of nitrogens with zero attached hydrogens (tertiary/aromatic N) is 1. The van der Waals surface area contributed by atoms with Gasteiger partial charge < -0.3 is 10.1 Å². The van der Waals surface area contributed by atoms with Crippen molar-refractivity contribution in [2.24, 2.45) is 0 Å². The highest BCUT2D eigenvalue weighted by Gasteiger charge is 2.08. The van der Waals surface area contributed by atoms with Gasteiger partial charge in [-0.25, -0.2) is 0 Å². The van der Waals surface area contributed by atoms with Gasteiger partial charge >= 0.3 is 5.97 Å². The van der Waals surface area contributed by atoms with Crippen molar-refractivity contribution in [2.75, 3.05) is 27.2 Å². The summed E-state index contributed by atoms with van der Waals surface area (Å²) in [5.74, 6) is -0.288. The predicted molar refractivity (Wildman–Crippen MR) is 57.4 cm³/mol. The van der Waals surface area contributed by atoms with Crippen LogP contribution in [0.4, 0.5) is 0 Å². The number of rotatable bonds is 6. The van der Waals surface area contributed by atoms with Crippen LogP contribution in [0, 0.1) is 0 Å². The van der Waals surface area contributed by atoms with Gasteiger partial charge in [0.15, 0.2) is 0 Å². The molecule has 0 saturated heterocycles. The van der Waals surface area contributed by atoms with Crippen LogP contribution < -0.4 is 5.32 Å². The molecule has 0 aliphatic heterocycles. The topological polar surface area (TPSA) is 58.6 Å². The van der Waals surface area contributed by atoms with Crippen LogP contribution in [0.2, 0.25) is 0 Å². The van der Waals surface area contributed by atoms with Crippen LogP contribution in [0.3, 0.4) is 0 Å². The second-order valence-corrected chi connectivity index (χ2v) is 3.79. The summed E-state index contributed by atoms with van der Waals surface area (Å²) >= 11 is 0. The van der Waals surface area contributed by atoms with Crippen molar-refractivity contribution < 1.29 is 14.3 Å². The SMILES string of the molecule is COC(=O)CN(C)CCC(=O)NC(C)C. The highest BCUT2D eigenvalue weighted by molar-refractivity contribution is 5.76. The molecule has 0 atom stereocenters. The summed E-state index contributed by atoms with van der Waals surface area (Å²) in [5.41, 5.74) is 0. The summed E-state index contributed by atoms with van der Waals surface area (Å²) in [5, 5.41) is 2.78. The monoisotopic (exact) mass is 216 g/mol. The maximum absolute atomic E-state index is 11.3. The Hall–Kier alpha value is -1.10. The van der Waals surface area contributed by atoms with Crippen LogP contribution in [0.5, 0.6) is 0 Å². The first-order valence-corrected chi connectivity index (χ1v) is 5.00. The van der Waals surface area contributed by atoms with E-state index in [9.17, 15) is 9.59 Å². The lowest BCUT2D eigenvalue weighted by Crippen LogP contribution is -2.34. The zero-order valence-electron chi connectivity index (χ0n) is 9.87. The average molecular weight is 216 g/mol. The molecule has 15 heavy (non-hydrogen) atoms. The molecular formula is C10H20N2O3. The molecule has 5 nitrogen and oxygen atoms in total. The first-order chi connectivity index (χ1) is 6.95. The van der Waals surface area contributed by atoms with E-state index in [1.165, 1.54) is 7.11 Å². The Labute approximate surface area is 90.8 Å². The second-order valence-electron chi connectivity index (χ2n) is 3.79. The summed E-state index contributed by atoms with van der Waals surface area (Å²) in [6.07, 6.45) is 0.395. The van der Waals surface area contributed by atoms with Gasteiger partial charge in [0, 0.05) is 19.0 Å². The van der Waals surface area contributed by atoms with Gasteiger partial charge in [-0.05, 0) is 20.9 Å². The lowest BCUT2D eigenvalue weighted by molar-refractivity contribution is -0.141. The molecule has 0 saturated carbocycles. The minimum absolute atomic E-state index is 0.00159. The van der Waals surface area contributed by atoms with Crippen molar-refractivity contribution in [1.29, 1.82) is 0 Å². The summed E-state index contributed by atoms with van der Waals surface area (Å²) in [7, 11) is 3.13. The highest BCUT2D eigenvalue weighted by Crippen LogP contribution is 1.90. The van der Waals surface area contributed by atoms with E-state index >= 15 is 0 Å². The molecule has 5 heteroatoms. The smallest absolute Gasteiger partial charge is 0.319 e. The Kier molecular flexibility index (Phi) is 6.70. The molecule has 88 valence electrons. The maximum atomic E-state index is 11.3. The molecule has 0 rings (SSSR count). The Morgan fingerprint density at radius 1 is 1.40 bits per heavy atom. The minimum Gasteiger partial charge on any atom is -0.468 e. The number of ether oxygens (including phenoxy) is 1. The zero-order chi connectivity index (χ0) is 11.8. The molecule has 0 heterocycles. The number of hydrogen-bond donors (Lipinski definition) is 1. The van der Waals surface area contributed by atoms with Gasteiger partial charge in [-0.15, -0.1) is 0 Å². The molecule has 0 unspecified atom stereocenters. The lowest BCUT2D eigenvalue weighted by Gasteiger charge is -2.15. The number of likely N-dealkylation sites (N-methyl/N-ethyl adjacent to an activating group) is 1. The standard InChI is InChI=1S/C10H20N2O3/c1-8(2)11-9(13)5-6-12(3)7-10(14)15-4/h8H,5-7H2,1-4H3,(H,11,13). The van der Waals surface area contributed by atoms with Gasteiger partial charge in [0.2, 0.25) is 5.91 Å². The Bertz CT molecular complexity index is 217. The largest absolute Gasteiger partial charge is 0.468 e. The van der Waals surface area contributed by atoms with Gasteiger partial charge in [-0.2, -0.15) is 0 Å². The second kappa shape index (κ2) is 7.23. The molecule has 0 fully saturated rings. The third-order valence-corrected chi connectivity index (χ3v) is 1.80. The summed E-state index contributed by atoms with van der Waals surface area (Å²) in [6, 6.07) is 0.156. The molecule has 0 aromatic heterocycles. The fourth-order valence-electron chi connectivity index (χ4n) is 1.05. The van der Waals surface area contributed by atoms with E-state index in [1.807, 2.05) is 13.8 Å². The van der Waals surface area contributed by atoms with Crippen LogP contribution in [-0.4, -0.2) is 50.1 Å². The van der Waals surface area contributed by atoms with Gasteiger partial charge in [0.25, 0.3) is 0 Å². The molecule has 0 radical (unpaired) electrons. The average Bonchev–Trinajstić information content (AvgIpc) is 2.13. The van der Waals surface area contributed by atoms with Gasteiger partial charge in [-0.3, -0.25) is 14.5 Å². The first kappa shape index (κ1) is 13.9. The van der Waals surface area contributed by atoms with E-state index in [0.717, 1.165) is 0 Å². The number of amides is 1. The Morgan fingerprint density at radius 3 is 2.47 bits per heavy atom. The third kappa shape index (κ3) is 7.93. The number of carbonyl (C=O) groups excluding carboxylic acids is 2. The zero-order valence-corrected chi connectivity index (χ0v) is 9.87. The maximum Gasteiger partial charge on any atom is 0.319 e. The summed E-state index contributed by atoms with van der Waals surface area (Å²) in [6.45, 7) is 4.59. The van der Waals surface area contributed by atoms with E-state index < -0.39 is 0 Å². The van der Waals surface area contributed by atoms with Gasteiger partial charge in [0.1, 0.15) is 0 Å². The Morgan fingerprint density at radius 2 is 2.00 bits per heavy atom. The number of hydrogen-bond acceptors (Lipinski definition) is 4. The van der Waals surface area contributed by atoms with Crippen LogP contribution in [-0.2, 0) is 14.3 Å². The quantitative estimate of drug-likeness (QED) is 0.635. The first-order valence-electron chi connectivity index (χ1n) is 5.00. The molecule has 0 spiro atoms. The number of carbonyl (C=O) groups is 2. The third-order valence-electron chi connectivity index (χ3n) is 1.80. The van der Waals surface area contributed by atoms with Gasteiger partial charge in [-0.1, -0.05) is 0 Å². The molecule has 0 bridgehead atoms. The van der Waals surface area contributed by atoms with Gasteiger partial charge in [0.05, 0.1) is 13.7 Å². The fourth-order valence-corrected chi connectivity index (χ4v) is 1.05. The Balaban J connectivity index is 3.66. The molecule has 0 aliphatic carbocycles. The molecular weight excluding hydrogens is 196 g/mol. The van der Waals surface area contributed by atoms with E-state index in [0.29, 0.717) is 13.0 Å². The number of nitrogens with one attached hydrogen (secondary N) is 1. The molecule has 0 aromatic carbocycles. The van der Waals surface area contributed by atoms with E-state index in [-0.39, 0.29) is 24.5 Å². The van der Waals surface area contributed by atoms with Crippen molar-refractivity contribution in [2.45, 2.75) is 26.3 Å². The summed E-state index contributed by atoms with van der Waals surface area (Å²) in [4.78, 5) is 23.9. The minimum atomic E-state index is -0.290. The fraction of sp³-hybridized carbons (Fsp3) is 0.800. The van der Waals surface area contributed by atoms with E-state index in [4.69, 9.17) is 0 Å². The molecule has 1 N–H and O–H groups in total. The van der Waals surface area contributed by atoms with Crippen molar-refractivity contribution in [3.05, 3.63) is 0 Å². The highest BCUT2D eigenvalue weighted by atomic mass is 16.5. The molecule has 1 amide bonds. The normalized spacial score (nSPS) is 10.5. The predicted octanol–water partition coefficient (Wildman–Crippen LogP) is 0.00590. The van der Waals surface area contributed by atoms with Crippen molar-refractivity contribution in [3.8, 4) is 0 Å². The molecule has 0 aromatic rings. The number of methoxy groups -OCH3 is 1. The number of esters is 1. The van der Waals surface area contributed by atoms with Crippen molar-refractivity contribution >= 4 is 11.9 Å². The van der Waals surface area contributed by atoms with Crippen LogP contribution in [0.25, 0.3) is 0 Å². The van der Waals surface area contributed by atoms with Crippen LogP contribution in [0.1, 0.15) is 20.3 Å². The lowest BCUT2D eigenvalue weighted by atomic mass is 10.3. The van der Waals surface area contributed by atoms with Crippen molar-refractivity contribution in [3.63, 3.8) is 0 Å². The van der Waals surface area contributed by atoms with Crippen LogP contribution >= 0.6 is 0 Å².